The van der Waals surface area contributed by atoms with Gasteiger partial charge in [-0.1, -0.05) is 6.92 Å². The Labute approximate surface area is 124 Å². The summed E-state index contributed by atoms with van der Waals surface area (Å²) >= 11 is 3.09. The molecule has 0 aromatic carbocycles. The van der Waals surface area contributed by atoms with E-state index < -0.39 is 0 Å². The minimum atomic E-state index is 0.131. The molecule has 0 saturated heterocycles. The van der Waals surface area contributed by atoms with Crippen LogP contribution in [0.15, 0.2) is 21.8 Å². The lowest BCUT2D eigenvalue weighted by Crippen LogP contribution is -2.22. The molecule has 2 N–H and O–H groups in total. The number of aryl methyl sites for hydroxylation is 1. The van der Waals surface area contributed by atoms with E-state index >= 15 is 0 Å². The van der Waals surface area contributed by atoms with E-state index in [1.165, 1.54) is 11.8 Å². The molecular weight excluding hydrogens is 294 g/mol. The predicted octanol–water partition coefficient (Wildman–Crippen LogP) is 1.35. The van der Waals surface area contributed by atoms with Crippen molar-refractivity contribution in [2.24, 2.45) is 12.8 Å². The third-order valence-corrected chi connectivity index (χ3v) is 4.88. The van der Waals surface area contributed by atoms with Crippen LogP contribution in [0.2, 0.25) is 0 Å². The van der Waals surface area contributed by atoms with Crippen molar-refractivity contribution >= 4 is 28.1 Å². The topological polar surface area (TPSA) is 86.9 Å². The van der Waals surface area contributed by atoms with Gasteiger partial charge in [0.2, 0.25) is 5.16 Å². The minimum Gasteiger partial charge on any atom is -0.327 e. The Morgan fingerprint density at radius 2 is 2.35 bits per heavy atom. The molecule has 3 aromatic heterocycles. The highest BCUT2D eigenvalue weighted by molar-refractivity contribution is 7.99. The highest BCUT2D eigenvalue weighted by Gasteiger charge is 2.18. The normalized spacial score (nSPS) is 13.2. The van der Waals surface area contributed by atoms with Gasteiger partial charge in [-0.2, -0.15) is 0 Å². The molecule has 0 bridgehead atoms. The Kier molecular flexibility index (Phi) is 3.72. The molecule has 0 saturated carbocycles. The van der Waals surface area contributed by atoms with Gasteiger partial charge in [-0.3, -0.25) is 4.40 Å². The van der Waals surface area contributed by atoms with Gasteiger partial charge in [-0.25, -0.2) is 9.67 Å². The lowest BCUT2D eigenvalue weighted by molar-refractivity contribution is 0.626. The first kappa shape index (κ1) is 13.5. The molecule has 0 fully saturated rings. The standard InChI is InChI=1S/C11H15N7S2/c1-3-7(12)6-8-9(13-10-18(8)4-5-19-10)20-11-14-15-16-17(11)2/h4-5,7H,3,6,12H2,1-2H3. The molecule has 0 spiro atoms. The first-order chi connectivity index (χ1) is 9.69. The third kappa shape index (κ3) is 2.43. The van der Waals surface area contributed by atoms with E-state index in [0.29, 0.717) is 0 Å². The second kappa shape index (κ2) is 5.51. The van der Waals surface area contributed by atoms with Gasteiger partial charge in [-0.15, -0.1) is 16.4 Å². The Morgan fingerprint density at radius 1 is 1.50 bits per heavy atom. The van der Waals surface area contributed by atoms with E-state index in [9.17, 15) is 0 Å². The van der Waals surface area contributed by atoms with Crippen LogP contribution in [0.1, 0.15) is 19.0 Å². The molecule has 7 nitrogen and oxygen atoms in total. The van der Waals surface area contributed by atoms with Gasteiger partial charge in [0.1, 0.15) is 5.03 Å². The van der Waals surface area contributed by atoms with Crippen LogP contribution in [0, 0.1) is 0 Å². The number of fused-ring (bicyclic) bond motifs is 1. The summed E-state index contributed by atoms with van der Waals surface area (Å²) in [5.41, 5.74) is 7.23. The van der Waals surface area contributed by atoms with Gasteiger partial charge in [0, 0.05) is 31.1 Å². The molecule has 0 radical (unpaired) electrons. The van der Waals surface area contributed by atoms with Gasteiger partial charge >= 0.3 is 0 Å². The summed E-state index contributed by atoms with van der Waals surface area (Å²) in [7, 11) is 1.82. The highest BCUT2D eigenvalue weighted by Crippen LogP contribution is 2.30. The monoisotopic (exact) mass is 309 g/mol. The van der Waals surface area contributed by atoms with E-state index in [4.69, 9.17) is 5.73 Å². The summed E-state index contributed by atoms with van der Waals surface area (Å²) in [5.74, 6) is 0. The molecule has 20 heavy (non-hydrogen) atoms. The molecule has 0 aliphatic rings. The molecule has 3 rings (SSSR count). The number of hydrogen-bond acceptors (Lipinski definition) is 7. The number of thiazole rings is 1. The average molecular weight is 309 g/mol. The number of nitrogens with two attached hydrogens (primary N) is 1. The summed E-state index contributed by atoms with van der Waals surface area (Å²) in [6.45, 7) is 2.09. The number of imidazole rings is 1. The molecule has 106 valence electrons. The van der Waals surface area contributed by atoms with Crippen LogP contribution in [0.4, 0.5) is 0 Å². The summed E-state index contributed by atoms with van der Waals surface area (Å²) in [4.78, 5) is 5.63. The molecular formula is C11H15N7S2. The van der Waals surface area contributed by atoms with Crippen molar-refractivity contribution in [1.82, 2.24) is 29.6 Å². The van der Waals surface area contributed by atoms with Crippen LogP contribution in [-0.2, 0) is 13.5 Å². The number of nitrogens with zero attached hydrogens (tertiary/aromatic N) is 6. The quantitative estimate of drug-likeness (QED) is 0.765. The predicted molar refractivity (Wildman–Crippen MR) is 78.0 cm³/mol. The van der Waals surface area contributed by atoms with Crippen molar-refractivity contribution in [3.63, 3.8) is 0 Å². The molecule has 1 unspecified atom stereocenters. The van der Waals surface area contributed by atoms with Crippen molar-refractivity contribution in [3.05, 3.63) is 17.3 Å². The zero-order valence-electron chi connectivity index (χ0n) is 11.2. The third-order valence-electron chi connectivity index (χ3n) is 3.07. The maximum absolute atomic E-state index is 6.10. The van der Waals surface area contributed by atoms with E-state index in [2.05, 4.69) is 31.8 Å². The van der Waals surface area contributed by atoms with Gasteiger partial charge in [0.15, 0.2) is 4.96 Å². The zero-order valence-corrected chi connectivity index (χ0v) is 12.9. The van der Waals surface area contributed by atoms with Crippen molar-refractivity contribution in [2.45, 2.75) is 36.0 Å². The highest BCUT2D eigenvalue weighted by atomic mass is 32.2. The largest absolute Gasteiger partial charge is 0.327 e. The maximum atomic E-state index is 6.10. The lowest BCUT2D eigenvalue weighted by Gasteiger charge is -2.09. The van der Waals surface area contributed by atoms with Crippen LogP contribution in [0.5, 0.6) is 0 Å². The van der Waals surface area contributed by atoms with E-state index in [0.717, 1.165) is 33.7 Å². The molecule has 3 heterocycles. The van der Waals surface area contributed by atoms with Crippen LogP contribution in [0.3, 0.4) is 0 Å². The molecule has 9 heteroatoms. The molecule has 3 aromatic rings. The van der Waals surface area contributed by atoms with Crippen LogP contribution < -0.4 is 5.73 Å². The van der Waals surface area contributed by atoms with Crippen molar-refractivity contribution in [2.75, 3.05) is 0 Å². The van der Waals surface area contributed by atoms with Crippen molar-refractivity contribution < 1.29 is 0 Å². The van der Waals surface area contributed by atoms with Gasteiger partial charge in [0.25, 0.3) is 0 Å². The second-order valence-electron chi connectivity index (χ2n) is 4.48. The Hall–Kier alpha value is -1.45. The van der Waals surface area contributed by atoms with E-state index in [1.807, 2.05) is 18.6 Å². The van der Waals surface area contributed by atoms with Crippen LogP contribution in [0.25, 0.3) is 4.96 Å². The molecule has 0 aliphatic carbocycles. The molecule has 1 atom stereocenters. The second-order valence-corrected chi connectivity index (χ2v) is 6.31. The first-order valence-corrected chi connectivity index (χ1v) is 7.99. The fourth-order valence-corrected chi connectivity index (χ4v) is 3.51. The Morgan fingerprint density at radius 3 is 3.05 bits per heavy atom. The number of rotatable bonds is 5. The molecule has 0 amide bonds. The fraction of sp³-hybridized carbons (Fsp3) is 0.455. The zero-order chi connectivity index (χ0) is 14.1. The van der Waals surface area contributed by atoms with Gasteiger partial charge in [0.05, 0.1) is 5.69 Å². The Bertz CT molecular complexity index is 713. The SMILES string of the molecule is CCC(N)Cc1c(Sc2nnnn2C)nc2sccn12. The minimum absolute atomic E-state index is 0.131. The van der Waals surface area contributed by atoms with Crippen LogP contribution >= 0.6 is 23.1 Å². The maximum Gasteiger partial charge on any atom is 0.215 e. The molecule has 0 aliphatic heterocycles. The number of aromatic nitrogens is 6. The Balaban J connectivity index is 1.98. The lowest BCUT2D eigenvalue weighted by atomic mass is 10.1. The summed E-state index contributed by atoms with van der Waals surface area (Å²) in [6.07, 6.45) is 3.76. The smallest absolute Gasteiger partial charge is 0.215 e. The van der Waals surface area contributed by atoms with E-state index in [1.54, 1.807) is 16.0 Å². The number of tetrazole rings is 1. The van der Waals surface area contributed by atoms with Crippen molar-refractivity contribution in [1.29, 1.82) is 0 Å². The van der Waals surface area contributed by atoms with Crippen molar-refractivity contribution in [3.8, 4) is 0 Å². The van der Waals surface area contributed by atoms with E-state index in [-0.39, 0.29) is 6.04 Å². The fourth-order valence-electron chi connectivity index (χ4n) is 1.87. The number of hydrogen-bond donors (Lipinski definition) is 1. The summed E-state index contributed by atoms with van der Waals surface area (Å²) in [6, 6.07) is 0.131. The first-order valence-electron chi connectivity index (χ1n) is 6.29. The summed E-state index contributed by atoms with van der Waals surface area (Å²) < 4.78 is 3.74. The van der Waals surface area contributed by atoms with Crippen LogP contribution in [-0.4, -0.2) is 35.6 Å². The van der Waals surface area contributed by atoms with Gasteiger partial charge in [-0.05, 0) is 28.6 Å². The van der Waals surface area contributed by atoms with Gasteiger partial charge < -0.3 is 5.73 Å². The average Bonchev–Trinajstić information content (AvgIpc) is 3.10. The summed E-state index contributed by atoms with van der Waals surface area (Å²) in [5, 5.41) is 15.2.